The van der Waals surface area contributed by atoms with Crippen molar-refractivity contribution in [1.82, 2.24) is 25.3 Å². The number of hydrogen-bond acceptors (Lipinski definition) is 8. The van der Waals surface area contributed by atoms with E-state index in [1.807, 2.05) is 30.3 Å². The molecule has 2 aromatic carbocycles. The number of amides is 1. The van der Waals surface area contributed by atoms with Crippen LogP contribution in [0.1, 0.15) is 24.2 Å². The van der Waals surface area contributed by atoms with Gasteiger partial charge < -0.3 is 20.3 Å². The molecule has 1 fully saturated rings. The average Bonchev–Trinajstić information content (AvgIpc) is 2.82. The summed E-state index contributed by atoms with van der Waals surface area (Å²) in [6.07, 6.45) is 3.17. The monoisotopic (exact) mass is 443 g/mol. The molecule has 1 aliphatic rings. The highest BCUT2D eigenvalue weighted by Gasteiger charge is 2.25. The van der Waals surface area contributed by atoms with E-state index < -0.39 is 0 Å². The van der Waals surface area contributed by atoms with Gasteiger partial charge in [0.05, 0.1) is 23.7 Å². The Morgan fingerprint density at radius 2 is 1.85 bits per heavy atom. The number of anilines is 2. The number of carbonyl (C=O) groups is 1. The lowest BCUT2D eigenvalue weighted by molar-refractivity contribution is 0.102. The summed E-state index contributed by atoms with van der Waals surface area (Å²) in [6.45, 7) is 6.03. The molecule has 2 atom stereocenters. The molecule has 0 aliphatic carbocycles. The summed E-state index contributed by atoms with van der Waals surface area (Å²) in [5, 5.41) is 8.05. The second kappa shape index (κ2) is 8.59. The zero-order valence-electron chi connectivity index (χ0n) is 18.7. The number of carbonyl (C=O) groups excluding carboxylic acids is 1. The van der Waals surface area contributed by atoms with Crippen LogP contribution in [0.3, 0.4) is 0 Å². The molecule has 168 valence electrons. The molecule has 2 aromatic heterocycles. The van der Waals surface area contributed by atoms with Gasteiger partial charge >= 0.3 is 6.01 Å². The maximum absolute atomic E-state index is 13.4. The quantitative estimate of drug-likeness (QED) is 0.496. The molecule has 0 bridgehead atoms. The molecule has 3 heterocycles. The maximum Gasteiger partial charge on any atom is 0.316 e. The molecular weight excluding hydrogens is 418 g/mol. The fourth-order valence-corrected chi connectivity index (χ4v) is 4.45. The van der Waals surface area contributed by atoms with Crippen LogP contribution >= 0.6 is 0 Å². The van der Waals surface area contributed by atoms with Gasteiger partial charge in [-0.05, 0) is 38.1 Å². The summed E-state index contributed by atoms with van der Waals surface area (Å²) in [4.78, 5) is 33.1. The van der Waals surface area contributed by atoms with Gasteiger partial charge in [-0.1, -0.05) is 12.1 Å². The van der Waals surface area contributed by atoms with Crippen LogP contribution in [0.4, 0.5) is 11.5 Å². The van der Waals surface area contributed by atoms with Crippen molar-refractivity contribution < 1.29 is 9.53 Å². The predicted octanol–water partition coefficient (Wildman–Crippen LogP) is 3.02. The molecule has 2 N–H and O–H groups in total. The topological polar surface area (TPSA) is 105 Å². The minimum atomic E-state index is -0.307. The van der Waals surface area contributed by atoms with E-state index in [2.05, 4.69) is 49.3 Å². The molecule has 1 saturated heterocycles. The number of piperazine rings is 1. The number of hydrogen-bond donors (Lipinski definition) is 2. The Hall–Kier alpha value is -3.85. The number of benzene rings is 2. The molecule has 0 spiro atoms. The van der Waals surface area contributed by atoms with Crippen LogP contribution < -0.4 is 20.3 Å². The predicted molar refractivity (Wildman–Crippen MR) is 128 cm³/mol. The van der Waals surface area contributed by atoms with Crippen molar-refractivity contribution in [2.45, 2.75) is 25.9 Å². The minimum absolute atomic E-state index is 0.211. The average molecular weight is 444 g/mol. The van der Waals surface area contributed by atoms with E-state index in [1.54, 1.807) is 12.3 Å². The van der Waals surface area contributed by atoms with Gasteiger partial charge in [-0.2, -0.15) is 4.98 Å². The summed E-state index contributed by atoms with van der Waals surface area (Å²) in [6, 6.07) is 12.2. The molecule has 0 radical (unpaired) electrons. The Kier molecular flexibility index (Phi) is 5.47. The van der Waals surface area contributed by atoms with Crippen LogP contribution in [-0.4, -0.2) is 58.1 Å². The van der Waals surface area contributed by atoms with Gasteiger partial charge in [0.25, 0.3) is 5.91 Å². The highest BCUT2D eigenvalue weighted by atomic mass is 16.5. The van der Waals surface area contributed by atoms with Crippen molar-refractivity contribution in [2.24, 2.45) is 0 Å². The standard InChI is InChI=1S/C24H25N7O2/c1-14-11-31(12-15(2)28-14)20-9-8-17(21-18(20)10-25-24(29-21)33-3)23(32)30-22-16-6-4-5-7-19(16)26-13-27-22/h4-10,13-15,28H,11-12H2,1-3H3,(H,26,27,30,32)/t14-,15-/m0/s1. The van der Waals surface area contributed by atoms with Crippen LogP contribution in [0.25, 0.3) is 21.8 Å². The van der Waals surface area contributed by atoms with E-state index in [1.165, 1.54) is 13.4 Å². The number of methoxy groups -OCH3 is 1. The van der Waals surface area contributed by atoms with Crippen LogP contribution in [0, 0.1) is 0 Å². The van der Waals surface area contributed by atoms with Crippen molar-refractivity contribution in [3.8, 4) is 6.01 Å². The lowest BCUT2D eigenvalue weighted by Gasteiger charge is -2.38. The molecule has 9 nitrogen and oxygen atoms in total. The first-order chi connectivity index (χ1) is 16.0. The normalized spacial score (nSPS) is 18.5. The molecule has 9 heteroatoms. The van der Waals surface area contributed by atoms with Crippen LogP contribution in [0.15, 0.2) is 48.9 Å². The van der Waals surface area contributed by atoms with E-state index in [-0.39, 0.29) is 11.9 Å². The molecular formula is C24H25N7O2. The van der Waals surface area contributed by atoms with Gasteiger partial charge in [0.2, 0.25) is 0 Å². The van der Waals surface area contributed by atoms with Crippen molar-refractivity contribution in [1.29, 1.82) is 0 Å². The fraction of sp³-hybridized carbons (Fsp3) is 0.292. The fourth-order valence-electron chi connectivity index (χ4n) is 4.45. The third kappa shape index (κ3) is 4.03. The van der Waals surface area contributed by atoms with E-state index in [9.17, 15) is 4.79 Å². The number of nitrogens with one attached hydrogen (secondary N) is 2. The highest BCUT2D eigenvalue weighted by molar-refractivity contribution is 6.15. The largest absolute Gasteiger partial charge is 0.467 e. The zero-order valence-corrected chi connectivity index (χ0v) is 18.7. The molecule has 0 saturated carbocycles. The van der Waals surface area contributed by atoms with Gasteiger partial charge in [0, 0.05) is 47.8 Å². The third-order valence-corrected chi connectivity index (χ3v) is 5.81. The highest BCUT2D eigenvalue weighted by Crippen LogP contribution is 2.31. The van der Waals surface area contributed by atoms with Crippen molar-refractivity contribution in [3.63, 3.8) is 0 Å². The third-order valence-electron chi connectivity index (χ3n) is 5.81. The summed E-state index contributed by atoms with van der Waals surface area (Å²) in [5.41, 5.74) is 2.72. The summed E-state index contributed by atoms with van der Waals surface area (Å²) < 4.78 is 5.25. The first kappa shape index (κ1) is 21.0. The second-order valence-corrected chi connectivity index (χ2v) is 8.32. The summed E-state index contributed by atoms with van der Waals surface area (Å²) >= 11 is 0. The van der Waals surface area contributed by atoms with Crippen molar-refractivity contribution in [2.75, 3.05) is 30.4 Å². The van der Waals surface area contributed by atoms with Crippen LogP contribution in [-0.2, 0) is 0 Å². The Bertz CT molecular complexity index is 1330. The van der Waals surface area contributed by atoms with Crippen LogP contribution in [0.2, 0.25) is 0 Å². The first-order valence-electron chi connectivity index (χ1n) is 10.9. The van der Waals surface area contributed by atoms with E-state index >= 15 is 0 Å². The van der Waals surface area contributed by atoms with Gasteiger partial charge in [-0.25, -0.2) is 15.0 Å². The van der Waals surface area contributed by atoms with E-state index in [0.717, 1.165) is 35.1 Å². The maximum atomic E-state index is 13.4. The number of ether oxygens (including phenoxy) is 1. The smallest absolute Gasteiger partial charge is 0.316 e. The Morgan fingerprint density at radius 3 is 2.64 bits per heavy atom. The SMILES string of the molecule is COc1ncc2c(N3C[C@H](C)N[C@@H](C)C3)ccc(C(=O)Nc3ncnc4ccccc34)c2n1. The Morgan fingerprint density at radius 1 is 1.06 bits per heavy atom. The molecule has 5 rings (SSSR count). The van der Waals surface area contributed by atoms with Crippen molar-refractivity contribution >= 4 is 39.2 Å². The Labute approximate surface area is 191 Å². The van der Waals surface area contributed by atoms with Gasteiger partial charge in [0.15, 0.2) is 0 Å². The molecule has 0 unspecified atom stereocenters. The minimum Gasteiger partial charge on any atom is -0.467 e. The number of rotatable bonds is 4. The summed E-state index contributed by atoms with van der Waals surface area (Å²) in [7, 11) is 1.51. The number of nitrogens with zero attached hydrogens (tertiary/aromatic N) is 5. The number of fused-ring (bicyclic) bond motifs is 2. The molecule has 1 aliphatic heterocycles. The molecule has 4 aromatic rings. The lowest BCUT2D eigenvalue weighted by Crippen LogP contribution is -2.54. The van der Waals surface area contributed by atoms with Crippen molar-refractivity contribution in [3.05, 3.63) is 54.5 Å². The Balaban J connectivity index is 1.57. The second-order valence-electron chi connectivity index (χ2n) is 8.32. The van der Waals surface area contributed by atoms with Gasteiger partial charge in [-0.3, -0.25) is 4.79 Å². The van der Waals surface area contributed by atoms with Gasteiger partial charge in [0.1, 0.15) is 12.1 Å². The molecule has 33 heavy (non-hydrogen) atoms. The lowest BCUT2D eigenvalue weighted by atomic mass is 10.0. The summed E-state index contributed by atoms with van der Waals surface area (Å²) in [5.74, 6) is 0.145. The number of para-hydroxylation sites is 1. The van der Waals surface area contributed by atoms with E-state index in [4.69, 9.17) is 4.74 Å². The van der Waals surface area contributed by atoms with E-state index in [0.29, 0.717) is 29.0 Å². The molecule has 1 amide bonds. The zero-order chi connectivity index (χ0) is 22.9. The van der Waals surface area contributed by atoms with Crippen LogP contribution in [0.5, 0.6) is 6.01 Å². The van der Waals surface area contributed by atoms with Gasteiger partial charge in [-0.15, -0.1) is 0 Å². The first-order valence-corrected chi connectivity index (χ1v) is 10.9. The number of aromatic nitrogens is 4.